The summed E-state index contributed by atoms with van der Waals surface area (Å²) < 4.78 is 0. The van der Waals surface area contributed by atoms with Crippen LogP contribution in [0.1, 0.15) is 47.5 Å². The molecule has 0 spiro atoms. The van der Waals surface area contributed by atoms with E-state index >= 15 is 0 Å². The second-order valence-corrected chi connectivity index (χ2v) is 6.71. The molecule has 1 amide bonds. The lowest BCUT2D eigenvalue weighted by Crippen LogP contribution is -2.49. The van der Waals surface area contributed by atoms with E-state index in [1.807, 2.05) is 6.92 Å². The fourth-order valence-electron chi connectivity index (χ4n) is 2.84. The lowest BCUT2D eigenvalue weighted by molar-refractivity contribution is -0.126. The summed E-state index contributed by atoms with van der Waals surface area (Å²) in [5, 5.41) is 0. The van der Waals surface area contributed by atoms with E-state index in [1.54, 1.807) is 0 Å². The van der Waals surface area contributed by atoms with Crippen molar-refractivity contribution in [2.45, 2.75) is 53.5 Å². The summed E-state index contributed by atoms with van der Waals surface area (Å²) in [5.41, 5.74) is 2.65. The first-order chi connectivity index (χ1) is 8.27. The van der Waals surface area contributed by atoms with Gasteiger partial charge in [0.2, 0.25) is 5.91 Å². The number of nitrogens with zero attached hydrogens (tertiary/aromatic N) is 1. The normalized spacial score (nSPS) is 22.6. The summed E-state index contributed by atoms with van der Waals surface area (Å²) in [4.78, 5) is 14.0. The molecule has 2 unspecified atom stereocenters. The van der Waals surface area contributed by atoms with Crippen LogP contribution in [-0.2, 0) is 4.79 Å². The maximum atomic E-state index is 11.6. The van der Waals surface area contributed by atoms with Crippen LogP contribution in [0.2, 0.25) is 0 Å². The summed E-state index contributed by atoms with van der Waals surface area (Å²) in [6.45, 7) is 13.2. The smallest absolute Gasteiger partial charge is 0.238 e. The van der Waals surface area contributed by atoms with E-state index in [0.29, 0.717) is 5.41 Å². The number of carbonyl (C=O) groups excluding carboxylic acids is 1. The Morgan fingerprint density at radius 1 is 1.28 bits per heavy atom. The van der Waals surface area contributed by atoms with Gasteiger partial charge in [0.15, 0.2) is 0 Å². The number of amides is 1. The van der Waals surface area contributed by atoms with Crippen molar-refractivity contribution in [1.29, 1.82) is 0 Å². The molecule has 0 saturated carbocycles. The van der Waals surface area contributed by atoms with Gasteiger partial charge in [-0.25, -0.2) is 5.84 Å². The molecule has 0 aromatic heterocycles. The van der Waals surface area contributed by atoms with Gasteiger partial charge < -0.3 is 0 Å². The van der Waals surface area contributed by atoms with E-state index in [4.69, 9.17) is 5.84 Å². The van der Waals surface area contributed by atoms with Crippen molar-refractivity contribution >= 4 is 5.91 Å². The quantitative estimate of drug-likeness (QED) is 0.459. The maximum absolute atomic E-state index is 11.6. The molecule has 106 valence electrons. The largest absolute Gasteiger partial charge is 0.300 e. The molecule has 1 aliphatic heterocycles. The Balaban J connectivity index is 2.50. The number of likely N-dealkylation sites (tertiary alicyclic amines) is 1. The van der Waals surface area contributed by atoms with E-state index in [0.717, 1.165) is 19.0 Å². The van der Waals surface area contributed by atoms with Crippen LogP contribution in [0.3, 0.4) is 0 Å². The summed E-state index contributed by atoms with van der Waals surface area (Å²) >= 11 is 0. The van der Waals surface area contributed by atoms with Crippen LogP contribution in [0, 0.1) is 17.3 Å². The van der Waals surface area contributed by atoms with Crippen LogP contribution in [0.5, 0.6) is 0 Å². The van der Waals surface area contributed by atoms with Gasteiger partial charge in [-0.15, -0.1) is 0 Å². The van der Waals surface area contributed by atoms with Gasteiger partial charge in [-0.2, -0.15) is 0 Å². The van der Waals surface area contributed by atoms with Crippen LogP contribution in [0.4, 0.5) is 0 Å². The lowest BCUT2D eigenvalue weighted by Gasteiger charge is -2.42. The molecule has 1 rings (SSSR count). The molecule has 1 fully saturated rings. The lowest BCUT2D eigenvalue weighted by atomic mass is 9.75. The first-order valence-electron chi connectivity index (χ1n) is 7.02. The Morgan fingerprint density at radius 3 is 2.17 bits per heavy atom. The van der Waals surface area contributed by atoms with Gasteiger partial charge in [-0.3, -0.25) is 15.1 Å². The van der Waals surface area contributed by atoms with Crippen molar-refractivity contribution < 1.29 is 4.79 Å². The molecule has 0 bridgehead atoms. The van der Waals surface area contributed by atoms with Crippen LogP contribution in [0.15, 0.2) is 0 Å². The van der Waals surface area contributed by atoms with Gasteiger partial charge >= 0.3 is 0 Å². The molecule has 0 aromatic carbocycles. The highest BCUT2D eigenvalue weighted by Gasteiger charge is 2.32. The Labute approximate surface area is 111 Å². The fourth-order valence-corrected chi connectivity index (χ4v) is 2.84. The monoisotopic (exact) mass is 255 g/mol. The third kappa shape index (κ3) is 3.69. The highest BCUT2D eigenvalue weighted by molar-refractivity contribution is 5.78. The van der Waals surface area contributed by atoms with Crippen molar-refractivity contribution in [2.75, 3.05) is 13.1 Å². The van der Waals surface area contributed by atoms with Crippen LogP contribution in [-0.4, -0.2) is 29.9 Å². The van der Waals surface area contributed by atoms with E-state index in [9.17, 15) is 4.79 Å². The first kappa shape index (κ1) is 15.4. The first-order valence-corrected chi connectivity index (χ1v) is 7.02. The number of rotatable bonds is 3. The molecular weight excluding hydrogens is 226 g/mol. The van der Waals surface area contributed by atoms with Gasteiger partial charge in [-0.05, 0) is 44.2 Å². The minimum absolute atomic E-state index is 0.0545. The predicted molar refractivity (Wildman–Crippen MR) is 74.7 cm³/mol. The van der Waals surface area contributed by atoms with Crippen molar-refractivity contribution in [1.82, 2.24) is 10.3 Å². The highest BCUT2D eigenvalue weighted by Crippen LogP contribution is 2.35. The summed E-state index contributed by atoms with van der Waals surface area (Å²) in [5.74, 6) is 5.87. The minimum atomic E-state index is -0.0690. The number of hydrogen-bond donors (Lipinski definition) is 2. The summed E-state index contributed by atoms with van der Waals surface area (Å²) in [6, 6.07) is 0.259. The van der Waals surface area contributed by atoms with E-state index < -0.39 is 0 Å². The molecule has 0 aromatic rings. The van der Waals surface area contributed by atoms with Crippen LogP contribution < -0.4 is 11.3 Å². The van der Waals surface area contributed by atoms with Crippen LogP contribution in [0.25, 0.3) is 0 Å². The highest BCUT2D eigenvalue weighted by atomic mass is 16.2. The zero-order valence-electron chi connectivity index (χ0n) is 12.5. The average Bonchev–Trinajstić information content (AvgIpc) is 2.35. The Bertz CT molecular complexity index is 277. The number of hydrazine groups is 1. The van der Waals surface area contributed by atoms with Crippen molar-refractivity contribution in [3.05, 3.63) is 0 Å². The van der Waals surface area contributed by atoms with Crippen molar-refractivity contribution in [2.24, 2.45) is 23.1 Å². The molecule has 2 atom stereocenters. The second-order valence-electron chi connectivity index (χ2n) is 6.71. The SMILES string of the molecule is CC(C(=O)NN)C(C)N1CCC(C(C)(C)C)CC1. The molecule has 4 heteroatoms. The standard InChI is InChI=1S/C14H29N3O/c1-10(13(18)16-15)11(2)17-8-6-12(7-9-17)14(3,4)5/h10-12H,6-9,15H2,1-5H3,(H,16,18). The topological polar surface area (TPSA) is 58.4 Å². The van der Waals surface area contributed by atoms with Gasteiger partial charge in [0, 0.05) is 6.04 Å². The number of hydrogen-bond acceptors (Lipinski definition) is 3. The zero-order valence-corrected chi connectivity index (χ0v) is 12.5. The Hall–Kier alpha value is -0.610. The second kappa shape index (κ2) is 6.02. The third-order valence-electron chi connectivity index (χ3n) is 4.61. The maximum Gasteiger partial charge on any atom is 0.238 e. The van der Waals surface area contributed by atoms with Gasteiger partial charge in [-0.1, -0.05) is 27.7 Å². The summed E-state index contributed by atoms with van der Waals surface area (Å²) in [6.07, 6.45) is 2.45. The van der Waals surface area contributed by atoms with E-state index in [-0.39, 0.29) is 17.9 Å². The van der Waals surface area contributed by atoms with Crippen molar-refractivity contribution in [3.63, 3.8) is 0 Å². The molecule has 1 saturated heterocycles. The van der Waals surface area contributed by atoms with Crippen LogP contribution >= 0.6 is 0 Å². The van der Waals surface area contributed by atoms with Gasteiger partial charge in [0.05, 0.1) is 5.92 Å². The zero-order chi connectivity index (χ0) is 13.9. The van der Waals surface area contributed by atoms with Gasteiger partial charge in [0.25, 0.3) is 0 Å². The third-order valence-corrected chi connectivity index (χ3v) is 4.61. The Morgan fingerprint density at radius 2 is 1.78 bits per heavy atom. The number of piperidine rings is 1. The van der Waals surface area contributed by atoms with Crippen molar-refractivity contribution in [3.8, 4) is 0 Å². The number of nitrogens with one attached hydrogen (secondary N) is 1. The summed E-state index contributed by atoms with van der Waals surface area (Å²) in [7, 11) is 0. The molecule has 1 aliphatic rings. The number of carbonyl (C=O) groups is 1. The molecule has 3 N–H and O–H groups in total. The Kier molecular flexibility index (Phi) is 5.17. The minimum Gasteiger partial charge on any atom is -0.300 e. The molecule has 18 heavy (non-hydrogen) atoms. The molecule has 0 radical (unpaired) electrons. The number of nitrogens with two attached hydrogens (primary N) is 1. The average molecular weight is 255 g/mol. The molecule has 0 aliphatic carbocycles. The molecule has 1 heterocycles. The predicted octanol–water partition coefficient (Wildman–Crippen LogP) is 1.76. The molecular formula is C14H29N3O. The fraction of sp³-hybridized carbons (Fsp3) is 0.929. The van der Waals surface area contributed by atoms with E-state index in [2.05, 4.69) is 38.0 Å². The molecule has 4 nitrogen and oxygen atoms in total. The van der Waals surface area contributed by atoms with Gasteiger partial charge in [0.1, 0.15) is 0 Å². The van der Waals surface area contributed by atoms with E-state index in [1.165, 1.54) is 12.8 Å².